The van der Waals surface area contributed by atoms with Crippen LogP contribution >= 0.6 is 0 Å². The van der Waals surface area contributed by atoms with Crippen LogP contribution in [0.25, 0.3) is 0 Å². The molecule has 0 amide bonds. The lowest BCUT2D eigenvalue weighted by Crippen LogP contribution is -2.46. The second-order valence-corrected chi connectivity index (χ2v) is 3.17. The fraction of sp³-hybridized carbons (Fsp3) is 0.875. The predicted octanol–water partition coefficient (Wildman–Crippen LogP) is 0.179. The highest BCUT2D eigenvalue weighted by atomic mass is 15.1. The highest BCUT2D eigenvalue weighted by Crippen LogP contribution is 2.13. The number of likely N-dealkylation sites (N-methyl/N-ethyl adjacent to an activating group) is 1. The summed E-state index contributed by atoms with van der Waals surface area (Å²) >= 11 is 0. The zero-order chi connectivity index (χ0) is 8.27. The standard InChI is InChI=1S/C8H15N3/c1-2-11-5-7(4-9)3-8(10)6-11/h7-8H,2-3,5-6,10H2,1H3/t7-,8+/m0/s1. The molecule has 0 unspecified atom stereocenters. The molecular weight excluding hydrogens is 138 g/mol. The number of likely N-dealkylation sites (tertiary alicyclic amines) is 1. The van der Waals surface area contributed by atoms with E-state index in [1.807, 2.05) is 0 Å². The van der Waals surface area contributed by atoms with Crippen LogP contribution in [0.5, 0.6) is 0 Å². The van der Waals surface area contributed by atoms with E-state index in [4.69, 9.17) is 11.0 Å². The van der Waals surface area contributed by atoms with E-state index in [0.29, 0.717) is 0 Å². The van der Waals surface area contributed by atoms with Crippen molar-refractivity contribution in [2.24, 2.45) is 11.7 Å². The quantitative estimate of drug-likeness (QED) is 0.584. The monoisotopic (exact) mass is 153 g/mol. The van der Waals surface area contributed by atoms with Crippen LogP contribution in [0.1, 0.15) is 13.3 Å². The van der Waals surface area contributed by atoms with Crippen LogP contribution in [0.2, 0.25) is 0 Å². The van der Waals surface area contributed by atoms with E-state index in [1.54, 1.807) is 0 Å². The third-order valence-corrected chi connectivity index (χ3v) is 2.19. The van der Waals surface area contributed by atoms with Gasteiger partial charge in [-0.1, -0.05) is 6.92 Å². The van der Waals surface area contributed by atoms with Gasteiger partial charge in [0.05, 0.1) is 12.0 Å². The van der Waals surface area contributed by atoms with E-state index in [9.17, 15) is 0 Å². The van der Waals surface area contributed by atoms with Crippen LogP contribution in [0.4, 0.5) is 0 Å². The Morgan fingerprint density at radius 1 is 1.64 bits per heavy atom. The summed E-state index contributed by atoms with van der Waals surface area (Å²) in [4.78, 5) is 2.24. The van der Waals surface area contributed by atoms with Gasteiger partial charge in [0.1, 0.15) is 0 Å². The van der Waals surface area contributed by atoms with E-state index in [0.717, 1.165) is 26.1 Å². The number of nitrogens with two attached hydrogens (primary N) is 1. The molecule has 1 rings (SSSR count). The van der Waals surface area contributed by atoms with E-state index < -0.39 is 0 Å². The van der Waals surface area contributed by atoms with E-state index in [1.165, 1.54) is 0 Å². The fourth-order valence-electron chi connectivity index (χ4n) is 1.58. The van der Waals surface area contributed by atoms with Crippen molar-refractivity contribution in [2.45, 2.75) is 19.4 Å². The molecule has 3 nitrogen and oxygen atoms in total. The molecule has 11 heavy (non-hydrogen) atoms. The first-order valence-corrected chi connectivity index (χ1v) is 4.13. The Balaban J connectivity index is 2.45. The molecule has 2 N–H and O–H groups in total. The summed E-state index contributed by atoms with van der Waals surface area (Å²) in [6, 6.07) is 2.48. The lowest BCUT2D eigenvalue weighted by Gasteiger charge is -2.32. The van der Waals surface area contributed by atoms with E-state index in [-0.39, 0.29) is 12.0 Å². The normalized spacial score (nSPS) is 33.2. The summed E-state index contributed by atoms with van der Waals surface area (Å²) in [5, 5.41) is 8.69. The maximum Gasteiger partial charge on any atom is 0.0669 e. The van der Waals surface area contributed by atoms with Crippen LogP contribution in [0, 0.1) is 17.2 Å². The summed E-state index contributed by atoms with van der Waals surface area (Å²) in [5.41, 5.74) is 5.77. The van der Waals surface area contributed by atoms with Crippen LogP contribution in [0.3, 0.4) is 0 Å². The maximum absolute atomic E-state index is 8.69. The number of hydrogen-bond acceptors (Lipinski definition) is 3. The van der Waals surface area contributed by atoms with Gasteiger partial charge in [0.2, 0.25) is 0 Å². The third kappa shape index (κ3) is 2.18. The molecule has 1 fully saturated rings. The molecule has 1 aliphatic heterocycles. The number of nitrogens with zero attached hydrogens (tertiary/aromatic N) is 2. The molecule has 0 radical (unpaired) electrons. The van der Waals surface area contributed by atoms with Gasteiger partial charge in [0.15, 0.2) is 0 Å². The summed E-state index contributed by atoms with van der Waals surface area (Å²) in [5.74, 6) is 0.152. The highest BCUT2D eigenvalue weighted by molar-refractivity contribution is 4.92. The largest absolute Gasteiger partial charge is 0.326 e. The Labute approximate surface area is 67.8 Å². The number of rotatable bonds is 1. The number of hydrogen-bond donors (Lipinski definition) is 1. The van der Waals surface area contributed by atoms with Crippen LogP contribution < -0.4 is 5.73 Å². The van der Waals surface area contributed by atoms with Crippen molar-refractivity contribution in [3.05, 3.63) is 0 Å². The van der Waals surface area contributed by atoms with Crippen molar-refractivity contribution in [2.75, 3.05) is 19.6 Å². The Bertz CT molecular complexity index is 161. The Morgan fingerprint density at radius 3 is 2.91 bits per heavy atom. The first kappa shape index (κ1) is 8.51. The number of nitriles is 1. The van der Waals surface area contributed by atoms with E-state index >= 15 is 0 Å². The van der Waals surface area contributed by atoms with Gasteiger partial charge in [0.25, 0.3) is 0 Å². The van der Waals surface area contributed by atoms with E-state index in [2.05, 4.69) is 17.9 Å². The molecule has 62 valence electrons. The maximum atomic E-state index is 8.69. The molecule has 1 heterocycles. The minimum Gasteiger partial charge on any atom is -0.326 e. The Morgan fingerprint density at radius 2 is 2.36 bits per heavy atom. The SMILES string of the molecule is CCN1C[C@H](N)C[C@@H](C#N)C1. The molecule has 0 bridgehead atoms. The first-order valence-electron chi connectivity index (χ1n) is 4.13. The van der Waals surface area contributed by atoms with Crippen molar-refractivity contribution in [1.82, 2.24) is 4.90 Å². The van der Waals surface area contributed by atoms with Gasteiger partial charge < -0.3 is 10.6 Å². The predicted molar refractivity (Wildman–Crippen MR) is 43.8 cm³/mol. The summed E-state index contributed by atoms with van der Waals surface area (Å²) in [6.45, 7) is 4.97. The average molecular weight is 153 g/mol. The summed E-state index contributed by atoms with van der Waals surface area (Å²) in [6.07, 6.45) is 0.868. The summed E-state index contributed by atoms with van der Waals surface area (Å²) in [7, 11) is 0. The van der Waals surface area contributed by atoms with Crippen molar-refractivity contribution >= 4 is 0 Å². The average Bonchev–Trinajstić information content (AvgIpc) is 2.03. The molecule has 3 heteroatoms. The van der Waals surface area contributed by atoms with Gasteiger partial charge in [-0.15, -0.1) is 0 Å². The lowest BCUT2D eigenvalue weighted by atomic mass is 9.96. The second kappa shape index (κ2) is 3.70. The van der Waals surface area contributed by atoms with Crippen molar-refractivity contribution in [3.63, 3.8) is 0 Å². The molecule has 0 aromatic heterocycles. The molecule has 1 aliphatic rings. The Kier molecular flexibility index (Phi) is 2.86. The molecule has 0 aliphatic carbocycles. The third-order valence-electron chi connectivity index (χ3n) is 2.19. The van der Waals surface area contributed by atoms with Crippen LogP contribution in [-0.4, -0.2) is 30.6 Å². The van der Waals surface area contributed by atoms with Gasteiger partial charge in [-0.05, 0) is 13.0 Å². The minimum atomic E-state index is 0.152. The minimum absolute atomic E-state index is 0.152. The van der Waals surface area contributed by atoms with Gasteiger partial charge >= 0.3 is 0 Å². The molecule has 1 saturated heterocycles. The highest BCUT2D eigenvalue weighted by Gasteiger charge is 2.23. The molecule has 0 saturated carbocycles. The molecule has 0 spiro atoms. The molecule has 0 aromatic rings. The van der Waals surface area contributed by atoms with Crippen molar-refractivity contribution < 1.29 is 0 Å². The van der Waals surface area contributed by atoms with Crippen LogP contribution in [-0.2, 0) is 0 Å². The topological polar surface area (TPSA) is 53.0 Å². The molecule has 2 atom stereocenters. The molecular formula is C8H15N3. The second-order valence-electron chi connectivity index (χ2n) is 3.17. The van der Waals surface area contributed by atoms with Gasteiger partial charge in [-0.3, -0.25) is 0 Å². The van der Waals surface area contributed by atoms with Crippen LogP contribution in [0.15, 0.2) is 0 Å². The first-order chi connectivity index (χ1) is 5.26. The summed E-state index contributed by atoms with van der Waals surface area (Å²) < 4.78 is 0. The lowest BCUT2D eigenvalue weighted by molar-refractivity contribution is 0.189. The molecule has 0 aromatic carbocycles. The van der Waals surface area contributed by atoms with Gasteiger partial charge in [-0.2, -0.15) is 5.26 Å². The Hall–Kier alpha value is -0.590. The number of piperidine rings is 1. The van der Waals surface area contributed by atoms with Gasteiger partial charge in [-0.25, -0.2) is 0 Å². The smallest absolute Gasteiger partial charge is 0.0669 e. The zero-order valence-electron chi connectivity index (χ0n) is 6.95. The zero-order valence-corrected chi connectivity index (χ0v) is 6.95. The van der Waals surface area contributed by atoms with Crippen molar-refractivity contribution in [1.29, 1.82) is 5.26 Å². The van der Waals surface area contributed by atoms with Crippen molar-refractivity contribution in [3.8, 4) is 6.07 Å². The van der Waals surface area contributed by atoms with Gasteiger partial charge in [0, 0.05) is 19.1 Å². The fourth-order valence-corrected chi connectivity index (χ4v) is 1.58.